The summed E-state index contributed by atoms with van der Waals surface area (Å²) in [6.07, 6.45) is 0.871. The van der Waals surface area contributed by atoms with E-state index in [1.165, 1.54) is 0 Å². The molecule has 2 saturated heterocycles. The van der Waals surface area contributed by atoms with Gasteiger partial charge in [0.05, 0.1) is 25.4 Å². The largest absolute Gasteiger partial charge is 0.392 e. The summed E-state index contributed by atoms with van der Waals surface area (Å²) < 4.78 is 87.0. The molecule has 0 spiro atoms. The highest BCUT2D eigenvalue weighted by molar-refractivity contribution is 5.94. The molecule has 0 saturated carbocycles. The first kappa shape index (κ1) is 33.0. The first-order valence-electron chi connectivity index (χ1n) is 14.7. The normalized spacial score (nSPS) is 23.8. The smallest absolute Gasteiger partial charge is 0.257 e. The molecule has 1 amide bonds. The Morgan fingerprint density at radius 3 is 2.13 bits per heavy atom. The minimum Gasteiger partial charge on any atom is -0.392 e. The van der Waals surface area contributed by atoms with E-state index in [1.54, 1.807) is 31.4 Å². The van der Waals surface area contributed by atoms with Crippen LogP contribution in [0, 0.1) is 35.0 Å². The van der Waals surface area contributed by atoms with Crippen LogP contribution in [0.3, 0.4) is 0 Å². The molecule has 2 N–H and O–H groups in total. The number of aliphatic hydroxyl groups excluding tert-OH is 1. The van der Waals surface area contributed by atoms with Gasteiger partial charge in [-0.3, -0.25) is 9.69 Å². The van der Waals surface area contributed by atoms with Crippen molar-refractivity contribution in [1.29, 1.82) is 0 Å². The first-order chi connectivity index (χ1) is 21.6. The van der Waals surface area contributed by atoms with E-state index in [9.17, 15) is 31.9 Å². The highest BCUT2D eigenvalue weighted by Gasteiger charge is 2.40. The van der Waals surface area contributed by atoms with Crippen LogP contribution in [0.2, 0.25) is 0 Å². The number of likely N-dealkylation sites (tertiary alicyclic amines) is 1. The summed E-state index contributed by atoms with van der Waals surface area (Å²) in [6, 6.07) is 14.6. The van der Waals surface area contributed by atoms with E-state index in [0.717, 1.165) is 30.5 Å². The quantitative estimate of drug-likeness (QED) is 0.169. The number of rotatable bonds is 10. The van der Waals surface area contributed by atoms with E-state index >= 15 is 0 Å². The molecule has 2 aliphatic heterocycles. The maximum atomic E-state index is 14.0. The molecular formula is C33H35F5N2O5. The number of hydrogen-bond acceptors (Lipinski definition) is 6. The first-order valence-corrected chi connectivity index (χ1v) is 14.7. The maximum Gasteiger partial charge on any atom is 0.257 e. The average Bonchev–Trinajstić information content (AvgIpc) is 3.49. The second-order valence-corrected chi connectivity index (χ2v) is 11.4. The molecule has 0 aliphatic carbocycles. The van der Waals surface area contributed by atoms with Crippen molar-refractivity contribution in [1.82, 2.24) is 10.2 Å². The minimum atomic E-state index is -2.33. The summed E-state index contributed by atoms with van der Waals surface area (Å²) in [7, 11) is 1.69. The number of hydrogen-bond donors (Lipinski definition) is 2. The lowest BCUT2D eigenvalue weighted by Gasteiger charge is -2.43. The van der Waals surface area contributed by atoms with Gasteiger partial charge in [0.1, 0.15) is 5.56 Å². The van der Waals surface area contributed by atoms with Gasteiger partial charge in [0.15, 0.2) is 29.6 Å². The standard InChI is InChI=1S/C33H35F5N2O5/c1-18-24(15-40-13-3-4-23(40)17-43-2)44-33(45-31(18)21-9-7-20(16-41)8-10-21)22-11-5-19(6-12-22)14-39-32(42)25-26(34)28(36)30(38)29(37)27(25)35/h5-12,18,23-24,31,33,41H,3-4,13-17H2,1-2H3,(H,39,42)/t18-,23-,24+,31+,33+/m0/s1. The lowest BCUT2D eigenvalue weighted by atomic mass is 9.90. The van der Waals surface area contributed by atoms with Crippen molar-refractivity contribution in [2.45, 2.75) is 57.5 Å². The number of halogens is 5. The van der Waals surface area contributed by atoms with Crippen LogP contribution in [0.4, 0.5) is 22.0 Å². The lowest BCUT2D eigenvalue weighted by Crippen LogP contribution is -2.46. The summed E-state index contributed by atoms with van der Waals surface area (Å²) >= 11 is 0. The molecule has 0 unspecified atom stereocenters. The molecule has 2 aliphatic rings. The van der Waals surface area contributed by atoms with E-state index in [2.05, 4.69) is 17.1 Å². The Balaban J connectivity index is 1.32. The Morgan fingerprint density at radius 1 is 0.911 bits per heavy atom. The van der Waals surface area contributed by atoms with Crippen LogP contribution >= 0.6 is 0 Å². The molecule has 0 aromatic heterocycles. The Hall–Kier alpha value is -3.42. The van der Waals surface area contributed by atoms with Gasteiger partial charge in [0, 0.05) is 37.7 Å². The van der Waals surface area contributed by atoms with Crippen molar-refractivity contribution >= 4 is 5.91 Å². The van der Waals surface area contributed by atoms with Gasteiger partial charge in [-0.25, -0.2) is 22.0 Å². The van der Waals surface area contributed by atoms with Gasteiger partial charge in [0.2, 0.25) is 5.82 Å². The fraction of sp³-hybridized carbons (Fsp3) is 0.424. The van der Waals surface area contributed by atoms with Crippen LogP contribution in [0.15, 0.2) is 48.5 Å². The van der Waals surface area contributed by atoms with Gasteiger partial charge in [-0.2, -0.15) is 0 Å². The Morgan fingerprint density at radius 2 is 1.51 bits per heavy atom. The average molecular weight is 635 g/mol. The molecule has 5 atom stereocenters. The van der Waals surface area contributed by atoms with Crippen molar-refractivity contribution in [3.8, 4) is 0 Å². The summed E-state index contributed by atoms with van der Waals surface area (Å²) in [5, 5.41) is 11.7. The van der Waals surface area contributed by atoms with Crippen LogP contribution in [-0.2, 0) is 27.4 Å². The van der Waals surface area contributed by atoms with Crippen LogP contribution < -0.4 is 5.32 Å². The fourth-order valence-corrected chi connectivity index (χ4v) is 5.94. The van der Waals surface area contributed by atoms with Gasteiger partial charge in [-0.1, -0.05) is 55.5 Å². The maximum absolute atomic E-state index is 14.0. The van der Waals surface area contributed by atoms with Crippen molar-refractivity contribution in [3.63, 3.8) is 0 Å². The molecule has 5 rings (SSSR count). The molecular weight excluding hydrogens is 599 g/mol. The van der Waals surface area contributed by atoms with Crippen LogP contribution in [0.25, 0.3) is 0 Å². The van der Waals surface area contributed by atoms with Crippen LogP contribution in [-0.4, -0.2) is 54.9 Å². The SMILES string of the molecule is COC[C@@H]1CCCN1C[C@H]1O[C@@H](c2ccc(CNC(=O)c3c(F)c(F)c(F)c(F)c3F)cc2)O[C@@H](c2ccc(CO)cc2)[C@H]1C. The summed E-state index contributed by atoms with van der Waals surface area (Å²) in [4.78, 5) is 14.7. The second-order valence-electron chi connectivity index (χ2n) is 11.4. The molecule has 2 fully saturated rings. The number of nitrogens with zero attached hydrogens (tertiary/aromatic N) is 1. The fourth-order valence-electron chi connectivity index (χ4n) is 5.94. The number of carbonyl (C=O) groups is 1. The molecule has 7 nitrogen and oxygen atoms in total. The second kappa shape index (κ2) is 14.3. The third-order valence-electron chi connectivity index (χ3n) is 8.54. The topological polar surface area (TPSA) is 80.3 Å². The molecule has 2 heterocycles. The molecule has 45 heavy (non-hydrogen) atoms. The van der Waals surface area contributed by atoms with Crippen molar-refractivity contribution in [2.75, 3.05) is 26.8 Å². The zero-order valence-electron chi connectivity index (χ0n) is 24.9. The molecule has 0 radical (unpaired) electrons. The highest BCUT2D eigenvalue weighted by Crippen LogP contribution is 2.42. The number of ether oxygens (including phenoxy) is 3. The molecule has 3 aromatic carbocycles. The summed E-state index contributed by atoms with van der Waals surface area (Å²) in [6.45, 7) is 4.04. The van der Waals surface area contributed by atoms with Gasteiger partial charge < -0.3 is 24.6 Å². The molecule has 242 valence electrons. The predicted molar refractivity (Wildman–Crippen MR) is 153 cm³/mol. The van der Waals surface area contributed by atoms with Crippen LogP contribution in [0.5, 0.6) is 0 Å². The van der Waals surface area contributed by atoms with Crippen molar-refractivity contribution in [3.05, 3.63) is 105 Å². The molecule has 0 bridgehead atoms. The van der Waals surface area contributed by atoms with E-state index in [1.807, 2.05) is 24.3 Å². The van der Waals surface area contributed by atoms with Crippen molar-refractivity contribution in [2.24, 2.45) is 5.92 Å². The van der Waals surface area contributed by atoms with E-state index in [0.29, 0.717) is 30.3 Å². The molecule has 3 aromatic rings. The van der Waals surface area contributed by atoms with Gasteiger partial charge in [-0.05, 0) is 36.1 Å². The third kappa shape index (κ3) is 7.05. The Kier molecular flexibility index (Phi) is 10.5. The highest BCUT2D eigenvalue weighted by atomic mass is 19.2. The predicted octanol–water partition coefficient (Wildman–Crippen LogP) is 5.71. The number of benzene rings is 3. The third-order valence-corrected chi connectivity index (χ3v) is 8.54. The monoisotopic (exact) mass is 634 g/mol. The minimum absolute atomic E-state index is 0.0126. The summed E-state index contributed by atoms with van der Waals surface area (Å²) in [5.74, 6) is -12.6. The number of amides is 1. The van der Waals surface area contributed by atoms with E-state index < -0.39 is 46.8 Å². The van der Waals surface area contributed by atoms with Gasteiger partial charge >= 0.3 is 0 Å². The number of aliphatic hydroxyl groups is 1. The zero-order chi connectivity index (χ0) is 32.2. The van der Waals surface area contributed by atoms with Gasteiger partial charge in [0.25, 0.3) is 5.91 Å². The number of carbonyl (C=O) groups excluding carboxylic acids is 1. The van der Waals surface area contributed by atoms with E-state index in [4.69, 9.17) is 14.2 Å². The molecule has 12 heteroatoms. The van der Waals surface area contributed by atoms with Gasteiger partial charge in [-0.15, -0.1) is 0 Å². The lowest BCUT2D eigenvalue weighted by molar-refractivity contribution is -0.276. The zero-order valence-corrected chi connectivity index (χ0v) is 24.9. The number of methoxy groups -OCH3 is 1. The Bertz CT molecular complexity index is 1460. The summed E-state index contributed by atoms with van der Waals surface area (Å²) in [5.41, 5.74) is 1.38. The van der Waals surface area contributed by atoms with Crippen LogP contribution in [0.1, 0.15) is 64.8 Å². The van der Waals surface area contributed by atoms with Crippen molar-refractivity contribution < 1.29 is 46.1 Å². The number of nitrogens with one attached hydrogen (secondary N) is 1. The Labute approximate surface area is 257 Å². The van der Waals surface area contributed by atoms with E-state index in [-0.39, 0.29) is 31.3 Å².